The van der Waals surface area contributed by atoms with E-state index in [0.29, 0.717) is 17.9 Å². The third kappa shape index (κ3) is 7.20. The van der Waals surface area contributed by atoms with Gasteiger partial charge in [-0.05, 0) is 49.8 Å². The predicted octanol–water partition coefficient (Wildman–Crippen LogP) is 4.72. The molecule has 31 heavy (non-hydrogen) atoms. The molecule has 1 saturated heterocycles. The average molecular weight is 441 g/mol. The van der Waals surface area contributed by atoms with Crippen LogP contribution in [0.3, 0.4) is 0 Å². The lowest BCUT2D eigenvalue weighted by Crippen LogP contribution is -2.33. The smallest absolute Gasteiger partial charge is 0.275 e. The van der Waals surface area contributed by atoms with Gasteiger partial charge >= 0.3 is 0 Å². The monoisotopic (exact) mass is 440 g/mol. The fourth-order valence-corrected chi connectivity index (χ4v) is 3.49. The topological polar surface area (TPSA) is 78.3 Å². The van der Waals surface area contributed by atoms with E-state index in [-0.39, 0.29) is 12.2 Å². The summed E-state index contributed by atoms with van der Waals surface area (Å²) in [5.41, 5.74) is 5.68. The van der Waals surface area contributed by atoms with Gasteiger partial charge in [0, 0.05) is 24.3 Å². The molecule has 1 aliphatic heterocycles. The molecular weight excluding hydrogens is 412 g/mol. The fourth-order valence-electron chi connectivity index (χ4n) is 2.82. The number of hydrogen-bond acceptors (Lipinski definition) is 6. The third-order valence-electron chi connectivity index (χ3n) is 4.69. The average Bonchev–Trinajstić information content (AvgIpc) is 3.29. The van der Waals surface area contributed by atoms with Crippen LogP contribution >= 0.6 is 11.8 Å². The van der Waals surface area contributed by atoms with Crippen LogP contribution in [0.1, 0.15) is 49.2 Å². The molecule has 0 bridgehead atoms. The zero-order valence-electron chi connectivity index (χ0n) is 17.9. The first kappa shape index (κ1) is 23.0. The normalized spacial score (nSPS) is 17.4. The molecule has 0 spiro atoms. The molecule has 1 aromatic carbocycles. The van der Waals surface area contributed by atoms with Crippen LogP contribution in [0.5, 0.6) is 0 Å². The predicted molar refractivity (Wildman–Crippen MR) is 123 cm³/mol. The highest BCUT2D eigenvalue weighted by Crippen LogP contribution is 2.21. The van der Waals surface area contributed by atoms with Gasteiger partial charge in [0.1, 0.15) is 0 Å². The van der Waals surface area contributed by atoms with Gasteiger partial charge in [-0.3, -0.25) is 4.79 Å². The fraction of sp³-hybridized carbons (Fsp3) is 0.348. The Morgan fingerprint density at radius 2 is 2.26 bits per heavy atom. The van der Waals surface area contributed by atoms with Crippen LogP contribution in [0.4, 0.5) is 0 Å². The van der Waals surface area contributed by atoms with E-state index >= 15 is 0 Å². The number of thioether (sulfide) groups is 1. The van der Waals surface area contributed by atoms with Gasteiger partial charge in [0.2, 0.25) is 0 Å². The molecule has 7 nitrogen and oxygen atoms in total. The highest BCUT2D eigenvalue weighted by atomic mass is 32.2. The number of hydroxylamine groups is 1. The third-order valence-corrected chi connectivity index (χ3v) is 5.72. The van der Waals surface area contributed by atoms with Crippen molar-refractivity contribution in [1.29, 1.82) is 0 Å². The van der Waals surface area contributed by atoms with Gasteiger partial charge in [0.25, 0.3) is 5.91 Å². The molecule has 1 fully saturated rings. The number of amides is 1. The first-order chi connectivity index (χ1) is 15.0. The van der Waals surface area contributed by atoms with Crippen molar-refractivity contribution >= 4 is 17.7 Å². The Balaban J connectivity index is 1.57. The van der Waals surface area contributed by atoms with Gasteiger partial charge in [-0.1, -0.05) is 41.7 Å². The van der Waals surface area contributed by atoms with Crippen LogP contribution in [0.15, 0.2) is 65.7 Å². The van der Waals surface area contributed by atoms with E-state index in [1.54, 1.807) is 34.6 Å². The van der Waals surface area contributed by atoms with E-state index in [1.165, 1.54) is 4.91 Å². The van der Waals surface area contributed by atoms with Gasteiger partial charge in [0.15, 0.2) is 6.29 Å². The summed E-state index contributed by atoms with van der Waals surface area (Å²) in [5, 5.41) is 8.44. The second kappa shape index (κ2) is 11.6. The summed E-state index contributed by atoms with van der Waals surface area (Å²) in [4.78, 5) is 19.0. The zero-order valence-corrected chi connectivity index (χ0v) is 18.7. The largest absolute Gasteiger partial charge is 0.350 e. The number of aromatic nitrogens is 3. The first-order valence-electron chi connectivity index (χ1n) is 10.2. The molecule has 0 saturated carbocycles. The zero-order chi connectivity index (χ0) is 22.1. The summed E-state index contributed by atoms with van der Waals surface area (Å²) in [6, 6.07) is 7.16. The summed E-state index contributed by atoms with van der Waals surface area (Å²) < 4.78 is 7.12. The van der Waals surface area contributed by atoms with Crippen molar-refractivity contribution in [1.82, 2.24) is 20.5 Å². The first-order valence-corrected chi connectivity index (χ1v) is 11.2. The Bertz CT molecular complexity index is 961. The molecule has 164 valence electrons. The van der Waals surface area contributed by atoms with Crippen molar-refractivity contribution in [2.75, 3.05) is 6.61 Å². The quantitative estimate of drug-likeness (QED) is 0.449. The Morgan fingerprint density at radius 1 is 1.39 bits per heavy atom. The molecule has 1 atom stereocenters. The van der Waals surface area contributed by atoms with E-state index in [2.05, 4.69) is 35.4 Å². The molecule has 1 aromatic heterocycles. The summed E-state index contributed by atoms with van der Waals surface area (Å²) in [7, 11) is 0. The molecule has 1 amide bonds. The Kier molecular flexibility index (Phi) is 8.63. The summed E-state index contributed by atoms with van der Waals surface area (Å²) in [5.74, 6) is 0.383. The molecule has 0 aliphatic carbocycles. The minimum Gasteiger partial charge on any atom is -0.350 e. The van der Waals surface area contributed by atoms with E-state index in [9.17, 15) is 4.79 Å². The van der Waals surface area contributed by atoms with Crippen LogP contribution in [-0.2, 0) is 15.3 Å². The number of carbonyl (C=O) groups is 1. The highest BCUT2D eigenvalue weighted by Gasteiger charge is 2.16. The van der Waals surface area contributed by atoms with Crippen LogP contribution in [0.25, 0.3) is 5.69 Å². The second-order valence-electron chi connectivity index (χ2n) is 7.23. The summed E-state index contributed by atoms with van der Waals surface area (Å²) >= 11 is 1.69. The summed E-state index contributed by atoms with van der Waals surface area (Å²) in [6.45, 7) is 8.48. The van der Waals surface area contributed by atoms with Crippen molar-refractivity contribution in [2.24, 2.45) is 0 Å². The van der Waals surface area contributed by atoms with Crippen molar-refractivity contribution < 1.29 is 14.4 Å². The molecule has 1 unspecified atom stereocenters. The molecular formula is C23H28N4O3S. The lowest BCUT2D eigenvalue weighted by molar-refractivity contribution is -0.186. The van der Waals surface area contributed by atoms with Crippen LogP contribution in [-0.4, -0.2) is 33.8 Å². The Labute approximate surface area is 187 Å². The van der Waals surface area contributed by atoms with Gasteiger partial charge in [-0.15, -0.1) is 16.9 Å². The lowest BCUT2D eigenvalue weighted by Gasteiger charge is -2.22. The Hall–Kier alpha value is -2.68. The van der Waals surface area contributed by atoms with Crippen molar-refractivity contribution in [2.45, 2.75) is 45.2 Å². The molecule has 2 heterocycles. The number of nitrogens with one attached hydrogen (secondary N) is 1. The maximum atomic E-state index is 12.4. The van der Waals surface area contributed by atoms with E-state index in [4.69, 9.17) is 9.57 Å². The molecule has 3 rings (SSSR count). The molecule has 2 aromatic rings. The molecule has 0 radical (unpaired) electrons. The van der Waals surface area contributed by atoms with Crippen molar-refractivity contribution in [3.05, 3.63) is 77.0 Å². The van der Waals surface area contributed by atoms with Gasteiger partial charge in [0.05, 0.1) is 17.6 Å². The number of nitrogens with zero attached hydrogens (tertiary/aromatic N) is 3. The maximum Gasteiger partial charge on any atom is 0.275 e. The molecule has 1 aliphatic rings. The minimum absolute atomic E-state index is 0.324. The number of rotatable bonds is 9. The number of ether oxygens (including phenoxy) is 1. The van der Waals surface area contributed by atoms with Crippen LogP contribution in [0.2, 0.25) is 0 Å². The molecule has 8 heteroatoms. The van der Waals surface area contributed by atoms with Gasteiger partial charge < -0.3 is 4.74 Å². The lowest BCUT2D eigenvalue weighted by atomic mass is 10.2. The van der Waals surface area contributed by atoms with Crippen molar-refractivity contribution in [3.63, 3.8) is 0 Å². The number of allylic oxidation sites excluding steroid dienone is 5. The van der Waals surface area contributed by atoms with Crippen LogP contribution < -0.4 is 5.48 Å². The van der Waals surface area contributed by atoms with E-state index in [0.717, 1.165) is 36.2 Å². The van der Waals surface area contributed by atoms with E-state index < -0.39 is 0 Å². The number of carbonyl (C=O) groups excluding carboxylic acids is 1. The number of hydrogen-bond donors (Lipinski definition) is 1. The second-order valence-corrected chi connectivity index (χ2v) is 8.45. The highest BCUT2D eigenvalue weighted by molar-refractivity contribution is 8.02. The molecule has 1 N–H and O–H groups in total. The number of benzene rings is 1. The van der Waals surface area contributed by atoms with Gasteiger partial charge in [-0.25, -0.2) is 15.0 Å². The summed E-state index contributed by atoms with van der Waals surface area (Å²) in [6.07, 6.45) is 10.2. The standard InChI is InChI=1S/C23H28N4O3S/c1-4-17(2)11-12-18(3)31-16-20-15-27(26-24-20)21-9-7-8-19(14-21)23(28)25-30-22-10-5-6-13-29-22/h4,7-9,11-12,14-15,22H,1,5-6,10,13,16H2,2-3H3,(H,25,28)/b17-11+,18-12+. The van der Waals surface area contributed by atoms with E-state index in [1.807, 2.05) is 31.3 Å². The maximum absolute atomic E-state index is 12.4. The van der Waals surface area contributed by atoms with Gasteiger partial charge in [-0.2, -0.15) is 0 Å². The van der Waals surface area contributed by atoms with Crippen LogP contribution in [0, 0.1) is 0 Å². The SMILES string of the molecule is C=C/C(C)=C/C=C(\C)SCc1cn(-c2cccc(C(=O)NOC3CCCCO3)c2)nn1. The minimum atomic E-state index is -0.384. The Morgan fingerprint density at radius 3 is 3.03 bits per heavy atom. The van der Waals surface area contributed by atoms with Crippen molar-refractivity contribution in [3.8, 4) is 5.69 Å².